The Balaban J connectivity index is 2.51. The molecule has 0 heterocycles. The molecule has 1 aromatic carbocycles. The highest BCUT2D eigenvalue weighted by atomic mass is 32.2. The average molecular weight is 361 g/mol. The number of benzene rings is 1. The lowest BCUT2D eigenvalue weighted by Gasteiger charge is -2.40. The van der Waals surface area contributed by atoms with Crippen molar-refractivity contribution in [2.45, 2.75) is 23.7 Å². The molecule has 130 valence electrons. The first kappa shape index (κ1) is 19.6. The van der Waals surface area contributed by atoms with Crippen LogP contribution in [-0.2, 0) is 15.3 Å². The minimum atomic E-state index is -6.33. The van der Waals surface area contributed by atoms with Crippen LogP contribution in [0, 0.1) is 0 Å². The van der Waals surface area contributed by atoms with Crippen molar-refractivity contribution in [3.63, 3.8) is 0 Å². The molecule has 0 spiro atoms. The first-order valence-electron chi connectivity index (χ1n) is 6.13. The highest BCUT2D eigenvalue weighted by molar-refractivity contribution is 7.98. The van der Waals surface area contributed by atoms with Crippen LogP contribution in [0.4, 0.5) is 26.3 Å². The molecule has 10 heteroatoms. The van der Waals surface area contributed by atoms with E-state index in [2.05, 4.69) is 4.74 Å². The monoisotopic (exact) mass is 361 g/mol. The van der Waals surface area contributed by atoms with Crippen LogP contribution in [0.5, 0.6) is 0 Å². The van der Waals surface area contributed by atoms with Crippen molar-refractivity contribution in [2.75, 3.05) is 12.4 Å². The lowest BCUT2D eigenvalue weighted by molar-refractivity contribution is -0.574. The van der Waals surface area contributed by atoms with E-state index in [4.69, 9.17) is 0 Å². The Morgan fingerprint density at radius 3 is 2.04 bits per heavy atom. The standard InChI is InChI=1S/C13H11F6O3S/c14-12(15,16)11(21,13(17,18)19)10(20)22-6-7-23-8-9-4-2-1-3-5-9/h1-5H,6-8H2/q-1. The van der Waals surface area contributed by atoms with Gasteiger partial charge in [-0.3, -0.25) is 4.79 Å². The summed E-state index contributed by atoms with van der Waals surface area (Å²) in [6, 6.07) is 8.84. The van der Waals surface area contributed by atoms with Gasteiger partial charge in [0.05, 0.1) is 0 Å². The van der Waals surface area contributed by atoms with E-state index >= 15 is 0 Å². The molecule has 0 aliphatic rings. The third-order valence-corrected chi connectivity index (χ3v) is 3.65. The maximum Gasteiger partial charge on any atom is 0.399 e. The Labute approximate surface area is 131 Å². The zero-order chi connectivity index (χ0) is 17.7. The number of hydrogen-bond acceptors (Lipinski definition) is 4. The molecule has 0 aliphatic heterocycles. The van der Waals surface area contributed by atoms with Gasteiger partial charge in [-0.15, -0.1) is 0 Å². The van der Waals surface area contributed by atoms with Gasteiger partial charge in [0.25, 0.3) is 0 Å². The van der Waals surface area contributed by atoms with Gasteiger partial charge < -0.3 is 9.84 Å². The number of thioether (sulfide) groups is 1. The van der Waals surface area contributed by atoms with Crippen LogP contribution in [0.1, 0.15) is 5.56 Å². The van der Waals surface area contributed by atoms with Crippen molar-refractivity contribution in [1.82, 2.24) is 0 Å². The zero-order valence-corrected chi connectivity index (χ0v) is 12.2. The molecule has 0 saturated heterocycles. The number of hydrogen-bond donors (Lipinski definition) is 0. The lowest BCUT2D eigenvalue weighted by Crippen LogP contribution is -2.71. The molecule has 0 fully saturated rings. The van der Waals surface area contributed by atoms with Crippen molar-refractivity contribution >= 4 is 17.7 Å². The van der Waals surface area contributed by atoms with Gasteiger partial charge in [-0.1, -0.05) is 30.3 Å². The summed E-state index contributed by atoms with van der Waals surface area (Å²) in [6.45, 7) is -0.730. The van der Waals surface area contributed by atoms with Gasteiger partial charge >= 0.3 is 18.3 Å². The second-order valence-electron chi connectivity index (χ2n) is 4.35. The summed E-state index contributed by atoms with van der Waals surface area (Å²) >= 11 is 1.13. The molecular weight excluding hydrogens is 350 g/mol. The van der Waals surface area contributed by atoms with Crippen LogP contribution in [0.15, 0.2) is 30.3 Å². The molecule has 0 amide bonds. The van der Waals surface area contributed by atoms with Crippen molar-refractivity contribution in [3.8, 4) is 0 Å². The van der Waals surface area contributed by atoms with E-state index in [-0.39, 0.29) is 5.75 Å². The molecular formula is C13H11F6O3S-. The molecule has 0 N–H and O–H groups in total. The molecule has 0 radical (unpaired) electrons. The fourth-order valence-corrected chi connectivity index (χ4v) is 2.23. The van der Waals surface area contributed by atoms with Gasteiger partial charge in [0, 0.05) is 11.5 Å². The largest absolute Gasteiger partial charge is 0.828 e. The number of ether oxygens (including phenoxy) is 1. The molecule has 0 atom stereocenters. The highest BCUT2D eigenvalue weighted by Crippen LogP contribution is 2.41. The molecule has 1 aromatic rings. The summed E-state index contributed by atoms with van der Waals surface area (Å²) in [4.78, 5) is 11.0. The van der Waals surface area contributed by atoms with Gasteiger partial charge in [0.2, 0.25) is 0 Å². The van der Waals surface area contributed by atoms with Crippen molar-refractivity contribution in [1.29, 1.82) is 0 Å². The molecule has 0 bridgehead atoms. The van der Waals surface area contributed by atoms with Crippen molar-refractivity contribution < 1.29 is 41.0 Å². The van der Waals surface area contributed by atoms with Crippen LogP contribution in [0.3, 0.4) is 0 Å². The molecule has 23 heavy (non-hydrogen) atoms. The van der Waals surface area contributed by atoms with Crippen LogP contribution < -0.4 is 5.11 Å². The second kappa shape index (κ2) is 7.43. The summed E-state index contributed by atoms with van der Waals surface area (Å²) in [7, 11) is 0. The Kier molecular flexibility index (Phi) is 6.34. The van der Waals surface area contributed by atoms with Gasteiger partial charge in [-0.05, 0) is 5.56 Å². The Hall–Kier alpha value is -1.42. The smallest absolute Gasteiger partial charge is 0.399 e. The van der Waals surface area contributed by atoms with Crippen molar-refractivity contribution in [2.24, 2.45) is 0 Å². The average Bonchev–Trinajstić information content (AvgIpc) is 2.44. The Morgan fingerprint density at radius 1 is 1.04 bits per heavy atom. The third-order valence-electron chi connectivity index (χ3n) is 2.66. The minimum Gasteiger partial charge on any atom is -0.828 e. The van der Waals surface area contributed by atoms with Crippen LogP contribution in [-0.4, -0.2) is 36.3 Å². The lowest BCUT2D eigenvalue weighted by atomic mass is 10.0. The number of rotatable bonds is 6. The molecule has 3 nitrogen and oxygen atoms in total. The predicted octanol–water partition coefficient (Wildman–Crippen LogP) is 2.69. The SMILES string of the molecule is O=C(OCCSCc1ccccc1)C([O-])(C(F)(F)F)C(F)(F)F. The number of esters is 1. The molecule has 0 unspecified atom stereocenters. The highest BCUT2D eigenvalue weighted by Gasteiger charge is 2.68. The van der Waals surface area contributed by atoms with Crippen LogP contribution in [0.2, 0.25) is 0 Å². The van der Waals surface area contributed by atoms with E-state index in [9.17, 15) is 36.2 Å². The van der Waals surface area contributed by atoms with E-state index < -0.39 is 30.5 Å². The first-order chi connectivity index (χ1) is 10.5. The van der Waals surface area contributed by atoms with Crippen molar-refractivity contribution in [3.05, 3.63) is 35.9 Å². The van der Waals surface area contributed by atoms with Crippen LogP contribution in [0.25, 0.3) is 0 Å². The Bertz CT molecular complexity index is 501. The van der Waals surface area contributed by atoms with E-state index in [0.717, 1.165) is 17.3 Å². The topological polar surface area (TPSA) is 49.4 Å². The predicted molar refractivity (Wildman–Crippen MR) is 68.4 cm³/mol. The van der Waals surface area contributed by atoms with Gasteiger partial charge in [0.1, 0.15) is 6.61 Å². The second-order valence-corrected chi connectivity index (χ2v) is 5.46. The molecule has 1 rings (SSSR count). The van der Waals surface area contributed by atoms with E-state index in [1.54, 1.807) is 30.3 Å². The number of alkyl halides is 6. The van der Waals surface area contributed by atoms with E-state index in [1.165, 1.54) is 0 Å². The van der Waals surface area contributed by atoms with E-state index in [1.807, 2.05) is 0 Å². The fraction of sp³-hybridized carbons (Fsp3) is 0.462. The van der Waals surface area contributed by atoms with Crippen LogP contribution >= 0.6 is 11.8 Å². The van der Waals surface area contributed by atoms with Gasteiger partial charge in [0.15, 0.2) is 5.60 Å². The third kappa shape index (κ3) is 4.77. The summed E-state index contributed by atoms with van der Waals surface area (Å²) in [5.41, 5.74) is -4.89. The molecule has 0 saturated carbocycles. The number of carbonyl (C=O) groups is 1. The summed E-state index contributed by atoms with van der Waals surface area (Å²) in [5, 5.41) is 11.0. The van der Waals surface area contributed by atoms with Gasteiger partial charge in [-0.25, -0.2) is 0 Å². The Morgan fingerprint density at radius 2 is 1.57 bits per heavy atom. The summed E-state index contributed by atoms with van der Waals surface area (Å²) in [6.07, 6.45) is -12.7. The maximum absolute atomic E-state index is 12.3. The fourth-order valence-electron chi connectivity index (χ4n) is 1.45. The number of carbonyl (C=O) groups excluding carboxylic acids is 1. The zero-order valence-electron chi connectivity index (χ0n) is 11.4. The van der Waals surface area contributed by atoms with Gasteiger partial charge in [-0.2, -0.15) is 38.1 Å². The normalized spacial score (nSPS) is 13.0. The summed E-state index contributed by atoms with van der Waals surface area (Å²) in [5.74, 6) is -2.51. The minimum absolute atomic E-state index is 0.0492. The molecule has 0 aromatic heterocycles. The quantitative estimate of drug-likeness (QED) is 0.444. The maximum atomic E-state index is 12.3. The van der Waals surface area contributed by atoms with E-state index in [0.29, 0.717) is 5.75 Å². The first-order valence-corrected chi connectivity index (χ1v) is 7.28. The summed E-state index contributed by atoms with van der Waals surface area (Å²) < 4.78 is 77.7. The number of halogens is 6. The molecule has 0 aliphatic carbocycles.